The number of hydrogen-bond donors (Lipinski definition) is 1. The first-order valence-corrected chi connectivity index (χ1v) is 6.41. The number of benzene rings is 1. The molecule has 0 aliphatic carbocycles. The lowest BCUT2D eigenvalue weighted by Crippen LogP contribution is -2.12. The van der Waals surface area contributed by atoms with Crippen LogP contribution in [0.5, 0.6) is 0 Å². The minimum atomic E-state index is 0.413. The number of hydrogen-bond acceptors (Lipinski definition) is 2. The van der Waals surface area contributed by atoms with Crippen LogP contribution in [0.3, 0.4) is 0 Å². The summed E-state index contributed by atoms with van der Waals surface area (Å²) in [6.45, 7) is 6.35. The lowest BCUT2D eigenvalue weighted by molar-refractivity contribution is 0.884. The van der Waals surface area contributed by atoms with E-state index in [1.165, 1.54) is 16.7 Å². The van der Waals surface area contributed by atoms with Crippen LogP contribution in [-0.2, 0) is 6.42 Å². The van der Waals surface area contributed by atoms with Crippen molar-refractivity contribution in [2.45, 2.75) is 33.2 Å². The summed E-state index contributed by atoms with van der Waals surface area (Å²) in [5.74, 6) is 0.988. The third-order valence-electron chi connectivity index (χ3n) is 2.81. The number of anilines is 1. The van der Waals surface area contributed by atoms with Gasteiger partial charge in [0.25, 0.3) is 0 Å². The maximum Gasteiger partial charge on any atom is 0.129 e. The molecule has 2 aromatic rings. The van der Waals surface area contributed by atoms with Gasteiger partial charge in [-0.05, 0) is 43.9 Å². The first-order valence-electron chi connectivity index (χ1n) is 6.41. The van der Waals surface area contributed by atoms with Gasteiger partial charge in [0, 0.05) is 12.2 Å². The van der Waals surface area contributed by atoms with Crippen LogP contribution in [0.15, 0.2) is 42.6 Å². The number of aryl methyl sites for hydroxylation is 1. The van der Waals surface area contributed by atoms with Crippen LogP contribution in [0.25, 0.3) is 0 Å². The number of pyridine rings is 1. The van der Waals surface area contributed by atoms with Crippen molar-refractivity contribution in [3.05, 3.63) is 59.3 Å². The Kier molecular flexibility index (Phi) is 3.98. The maximum atomic E-state index is 4.50. The van der Waals surface area contributed by atoms with Crippen molar-refractivity contribution in [1.29, 1.82) is 0 Å². The Morgan fingerprint density at radius 1 is 1.11 bits per heavy atom. The molecule has 0 aliphatic heterocycles. The third-order valence-corrected chi connectivity index (χ3v) is 2.81. The minimum absolute atomic E-state index is 0.413. The maximum absolute atomic E-state index is 4.50. The molecule has 2 rings (SSSR count). The molecule has 0 bridgehead atoms. The van der Waals surface area contributed by atoms with Crippen molar-refractivity contribution in [2.24, 2.45) is 0 Å². The van der Waals surface area contributed by atoms with E-state index in [9.17, 15) is 0 Å². The van der Waals surface area contributed by atoms with E-state index in [0.717, 1.165) is 12.2 Å². The second-order valence-electron chi connectivity index (χ2n) is 4.97. The van der Waals surface area contributed by atoms with Gasteiger partial charge in [-0.3, -0.25) is 0 Å². The lowest BCUT2D eigenvalue weighted by atomic mass is 10.1. The molecule has 0 radical (unpaired) electrons. The first-order chi connectivity index (χ1) is 8.65. The molecule has 0 unspecified atom stereocenters. The highest BCUT2D eigenvalue weighted by molar-refractivity contribution is 5.45. The summed E-state index contributed by atoms with van der Waals surface area (Å²) in [4.78, 5) is 4.50. The monoisotopic (exact) mass is 240 g/mol. The van der Waals surface area contributed by atoms with E-state index in [1.807, 2.05) is 12.3 Å². The van der Waals surface area contributed by atoms with Crippen molar-refractivity contribution in [3.63, 3.8) is 0 Å². The van der Waals surface area contributed by atoms with Gasteiger partial charge in [-0.15, -0.1) is 0 Å². The van der Waals surface area contributed by atoms with E-state index in [2.05, 4.69) is 61.4 Å². The highest BCUT2D eigenvalue weighted by Crippen LogP contribution is 2.16. The molecule has 1 aromatic heterocycles. The van der Waals surface area contributed by atoms with Gasteiger partial charge in [-0.25, -0.2) is 4.98 Å². The van der Waals surface area contributed by atoms with Crippen molar-refractivity contribution >= 4 is 5.82 Å². The van der Waals surface area contributed by atoms with Crippen molar-refractivity contribution < 1.29 is 0 Å². The van der Waals surface area contributed by atoms with E-state index < -0.39 is 0 Å². The second kappa shape index (κ2) is 5.67. The Balaban J connectivity index is 2.14. The number of rotatable bonds is 4. The molecule has 1 aromatic carbocycles. The van der Waals surface area contributed by atoms with Crippen molar-refractivity contribution in [2.75, 3.05) is 5.32 Å². The van der Waals surface area contributed by atoms with Gasteiger partial charge in [-0.2, -0.15) is 0 Å². The average molecular weight is 240 g/mol. The van der Waals surface area contributed by atoms with Gasteiger partial charge >= 0.3 is 0 Å². The van der Waals surface area contributed by atoms with E-state index >= 15 is 0 Å². The molecule has 0 saturated heterocycles. The Labute approximate surface area is 109 Å². The largest absolute Gasteiger partial charge is 0.368 e. The summed E-state index contributed by atoms with van der Waals surface area (Å²) in [7, 11) is 0. The van der Waals surface area contributed by atoms with Crippen LogP contribution in [-0.4, -0.2) is 11.0 Å². The van der Waals surface area contributed by atoms with E-state index in [0.29, 0.717) is 6.04 Å². The van der Waals surface area contributed by atoms with Gasteiger partial charge in [0.05, 0.1) is 0 Å². The summed E-state index contributed by atoms with van der Waals surface area (Å²) in [6, 6.07) is 13.1. The fraction of sp³-hybridized carbons (Fsp3) is 0.312. The van der Waals surface area contributed by atoms with E-state index in [-0.39, 0.29) is 0 Å². The lowest BCUT2D eigenvalue weighted by Gasteiger charge is -2.12. The molecule has 2 heteroatoms. The topological polar surface area (TPSA) is 24.9 Å². The highest BCUT2D eigenvalue weighted by Gasteiger charge is 2.03. The normalized spacial score (nSPS) is 10.7. The zero-order valence-corrected chi connectivity index (χ0v) is 11.3. The summed E-state index contributed by atoms with van der Waals surface area (Å²) in [6.07, 6.45) is 2.90. The number of nitrogens with zero attached hydrogens (tertiary/aromatic N) is 1. The van der Waals surface area contributed by atoms with Gasteiger partial charge in [-0.1, -0.05) is 36.4 Å². The fourth-order valence-corrected chi connectivity index (χ4v) is 1.99. The molecule has 0 spiro atoms. The Bertz CT molecular complexity index is 504. The van der Waals surface area contributed by atoms with Crippen molar-refractivity contribution in [1.82, 2.24) is 4.98 Å². The molecule has 0 amide bonds. The average Bonchev–Trinajstić information content (AvgIpc) is 2.33. The molecule has 0 atom stereocenters. The van der Waals surface area contributed by atoms with Gasteiger partial charge < -0.3 is 5.32 Å². The third kappa shape index (κ3) is 3.33. The Hall–Kier alpha value is -1.83. The summed E-state index contributed by atoms with van der Waals surface area (Å²) < 4.78 is 0. The molecule has 18 heavy (non-hydrogen) atoms. The van der Waals surface area contributed by atoms with Crippen LogP contribution in [0.1, 0.15) is 30.5 Å². The molecule has 1 N–H and O–H groups in total. The summed E-state index contributed by atoms with van der Waals surface area (Å²) >= 11 is 0. The van der Waals surface area contributed by atoms with Gasteiger partial charge in [0.2, 0.25) is 0 Å². The van der Waals surface area contributed by atoms with Crippen LogP contribution < -0.4 is 5.32 Å². The zero-order valence-electron chi connectivity index (χ0n) is 11.3. The number of aromatic nitrogens is 1. The molecule has 0 fully saturated rings. The zero-order chi connectivity index (χ0) is 13.0. The molecule has 94 valence electrons. The molecule has 0 aliphatic rings. The molecule has 0 saturated carbocycles. The van der Waals surface area contributed by atoms with Crippen LogP contribution in [0, 0.1) is 6.92 Å². The molecule has 1 heterocycles. The van der Waals surface area contributed by atoms with Crippen molar-refractivity contribution in [3.8, 4) is 0 Å². The van der Waals surface area contributed by atoms with Crippen LogP contribution in [0.4, 0.5) is 5.82 Å². The highest BCUT2D eigenvalue weighted by atomic mass is 15.0. The predicted molar refractivity (Wildman–Crippen MR) is 77.0 cm³/mol. The predicted octanol–water partition coefficient (Wildman–Crippen LogP) is 3.80. The SMILES string of the molecule is Cc1cc(Cc2ccccc2)cnc1NC(C)C. The number of nitrogens with one attached hydrogen (secondary N) is 1. The van der Waals surface area contributed by atoms with E-state index in [4.69, 9.17) is 0 Å². The smallest absolute Gasteiger partial charge is 0.129 e. The molecular weight excluding hydrogens is 220 g/mol. The fourth-order valence-electron chi connectivity index (χ4n) is 1.99. The summed E-state index contributed by atoms with van der Waals surface area (Å²) in [5, 5.41) is 3.35. The second-order valence-corrected chi connectivity index (χ2v) is 4.97. The first kappa shape index (κ1) is 12.6. The minimum Gasteiger partial charge on any atom is -0.368 e. The Morgan fingerprint density at radius 2 is 1.83 bits per heavy atom. The Morgan fingerprint density at radius 3 is 2.44 bits per heavy atom. The summed E-state index contributed by atoms with van der Waals surface area (Å²) in [5.41, 5.74) is 3.79. The quantitative estimate of drug-likeness (QED) is 0.879. The van der Waals surface area contributed by atoms with Crippen LogP contribution >= 0.6 is 0 Å². The molecular formula is C16H20N2. The van der Waals surface area contributed by atoms with E-state index in [1.54, 1.807) is 0 Å². The standard InChI is InChI=1S/C16H20N2/c1-12(2)18-16-13(3)9-15(11-17-16)10-14-7-5-4-6-8-14/h4-9,11-12H,10H2,1-3H3,(H,17,18). The van der Waals surface area contributed by atoms with Gasteiger partial charge in [0.1, 0.15) is 5.82 Å². The van der Waals surface area contributed by atoms with Crippen LogP contribution in [0.2, 0.25) is 0 Å². The van der Waals surface area contributed by atoms with Gasteiger partial charge in [0.15, 0.2) is 0 Å². The molecule has 2 nitrogen and oxygen atoms in total.